The molecule has 0 aliphatic carbocycles. The predicted molar refractivity (Wildman–Crippen MR) is 109 cm³/mol. The number of amides is 1. The Hall–Kier alpha value is -3.00. The first kappa shape index (κ1) is 19.8. The van der Waals surface area contributed by atoms with Crippen molar-refractivity contribution in [3.05, 3.63) is 48.3 Å². The van der Waals surface area contributed by atoms with Crippen molar-refractivity contribution in [2.24, 2.45) is 5.92 Å². The van der Waals surface area contributed by atoms with Crippen LogP contribution in [0.15, 0.2) is 42.7 Å². The molecule has 0 N–H and O–H groups in total. The minimum Gasteiger partial charge on any atom is -0.493 e. The van der Waals surface area contributed by atoms with Crippen molar-refractivity contribution in [3.8, 4) is 22.1 Å². The number of carbonyl (C=O) groups is 1. The van der Waals surface area contributed by atoms with Gasteiger partial charge < -0.3 is 9.47 Å². The molecule has 2 heterocycles. The zero-order valence-electron chi connectivity index (χ0n) is 16.2. The molecule has 1 amide bonds. The van der Waals surface area contributed by atoms with E-state index in [9.17, 15) is 4.79 Å². The van der Waals surface area contributed by atoms with Crippen LogP contribution in [0.25, 0.3) is 10.6 Å². The van der Waals surface area contributed by atoms with Gasteiger partial charge in [0.1, 0.15) is 5.01 Å². The van der Waals surface area contributed by atoms with E-state index >= 15 is 0 Å². The SMILES string of the molecule is COc1cccc(C(=O)N(CC(C)C)c2nnc(-c3ccncc3)s2)c1OC. The summed E-state index contributed by atoms with van der Waals surface area (Å²) >= 11 is 1.37. The molecule has 7 nitrogen and oxygen atoms in total. The van der Waals surface area contributed by atoms with Gasteiger partial charge in [-0.25, -0.2) is 0 Å². The standard InChI is InChI=1S/C20H22N4O3S/c1-13(2)12-24(19(25)15-6-5-7-16(26-3)17(15)27-4)20-23-22-18(28-20)14-8-10-21-11-9-14/h5-11,13H,12H2,1-4H3. The lowest BCUT2D eigenvalue weighted by molar-refractivity contribution is 0.0980. The molecule has 0 bridgehead atoms. The highest BCUT2D eigenvalue weighted by molar-refractivity contribution is 7.18. The van der Waals surface area contributed by atoms with Crippen LogP contribution in [0.3, 0.4) is 0 Å². The summed E-state index contributed by atoms with van der Waals surface area (Å²) in [6.45, 7) is 4.60. The molecule has 0 aliphatic rings. The Bertz CT molecular complexity index is 944. The largest absolute Gasteiger partial charge is 0.493 e. The smallest absolute Gasteiger partial charge is 0.264 e. The van der Waals surface area contributed by atoms with Crippen LogP contribution in [0.2, 0.25) is 0 Å². The van der Waals surface area contributed by atoms with Crippen molar-refractivity contribution in [3.63, 3.8) is 0 Å². The summed E-state index contributed by atoms with van der Waals surface area (Å²) in [5, 5.41) is 9.80. The lowest BCUT2D eigenvalue weighted by Gasteiger charge is -2.23. The first-order valence-electron chi connectivity index (χ1n) is 8.82. The van der Waals surface area contributed by atoms with Crippen LogP contribution >= 0.6 is 11.3 Å². The number of nitrogens with zero attached hydrogens (tertiary/aromatic N) is 4. The van der Waals surface area contributed by atoms with Crippen molar-refractivity contribution in [1.29, 1.82) is 0 Å². The molecule has 0 saturated carbocycles. The number of rotatable bonds is 7. The third kappa shape index (κ3) is 4.12. The van der Waals surface area contributed by atoms with E-state index in [0.717, 1.165) is 10.6 Å². The van der Waals surface area contributed by atoms with Crippen LogP contribution in [0.1, 0.15) is 24.2 Å². The maximum atomic E-state index is 13.4. The van der Waals surface area contributed by atoms with Crippen molar-refractivity contribution in [2.45, 2.75) is 13.8 Å². The molecule has 0 saturated heterocycles. The van der Waals surface area contributed by atoms with Gasteiger partial charge in [0.2, 0.25) is 5.13 Å². The van der Waals surface area contributed by atoms with Crippen LogP contribution in [0.5, 0.6) is 11.5 Å². The van der Waals surface area contributed by atoms with Crippen LogP contribution < -0.4 is 14.4 Å². The Morgan fingerprint density at radius 2 is 1.86 bits per heavy atom. The number of methoxy groups -OCH3 is 2. The molecule has 0 fully saturated rings. The van der Waals surface area contributed by atoms with Crippen molar-refractivity contribution >= 4 is 22.4 Å². The van der Waals surface area contributed by atoms with Gasteiger partial charge in [-0.05, 0) is 30.2 Å². The summed E-state index contributed by atoms with van der Waals surface area (Å²) in [6.07, 6.45) is 3.41. The number of benzene rings is 1. The van der Waals surface area contributed by atoms with Crippen LogP contribution in [0.4, 0.5) is 5.13 Å². The number of aromatic nitrogens is 3. The van der Waals surface area contributed by atoms with E-state index < -0.39 is 0 Å². The van der Waals surface area contributed by atoms with Crippen LogP contribution in [0, 0.1) is 5.92 Å². The first-order valence-corrected chi connectivity index (χ1v) is 9.63. The summed E-state index contributed by atoms with van der Waals surface area (Å²) in [5.74, 6) is 0.950. The summed E-state index contributed by atoms with van der Waals surface area (Å²) < 4.78 is 10.8. The molecule has 3 aromatic rings. The number of hydrogen-bond acceptors (Lipinski definition) is 7. The van der Waals surface area contributed by atoms with Gasteiger partial charge in [-0.15, -0.1) is 10.2 Å². The Morgan fingerprint density at radius 3 is 2.50 bits per heavy atom. The summed E-state index contributed by atoms with van der Waals surface area (Å²) in [6, 6.07) is 8.98. The second kappa shape index (κ2) is 8.79. The molecule has 146 valence electrons. The Morgan fingerprint density at radius 1 is 1.11 bits per heavy atom. The molecular weight excluding hydrogens is 376 g/mol. The highest BCUT2D eigenvalue weighted by atomic mass is 32.1. The van der Waals surface area contributed by atoms with E-state index in [1.54, 1.807) is 42.6 Å². The maximum Gasteiger partial charge on any atom is 0.264 e. The minimum absolute atomic E-state index is 0.207. The van der Waals surface area contributed by atoms with Gasteiger partial charge in [0.25, 0.3) is 5.91 Å². The average molecular weight is 398 g/mol. The van der Waals surface area contributed by atoms with Gasteiger partial charge in [-0.3, -0.25) is 14.7 Å². The summed E-state index contributed by atoms with van der Waals surface area (Å²) in [7, 11) is 3.07. The topological polar surface area (TPSA) is 77.4 Å². The summed E-state index contributed by atoms with van der Waals surface area (Å²) in [5.41, 5.74) is 1.33. The molecule has 1 aromatic carbocycles. The number of hydrogen-bond donors (Lipinski definition) is 0. The van der Waals surface area contributed by atoms with Crippen LogP contribution in [-0.4, -0.2) is 41.9 Å². The summed E-state index contributed by atoms with van der Waals surface area (Å²) in [4.78, 5) is 19.1. The first-order chi connectivity index (χ1) is 13.5. The number of para-hydroxylation sites is 1. The number of anilines is 1. The van der Waals surface area contributed by atoms with Crippen LogP contribution in [-0.2, 0) is 0 Å². The Labute approximate surface area is 168 Å². The van der Waals surface area contributed by atoms with Gasteiger partial charge in [-0.1, -0.05) is 31.3 Å². The van der Waals surface area contributed by atoms with Gasteiger partial charge in [0, 0.05) is 24.5 Å². The highest BCUT2D eigenvalue weighted by Crippen LogP contribution is 2.34. The van der Waals surface area contributed by atoms with Crippen molar-refractivity contribution in [1.82, 2.24) is 15.2 Å². The molecule has 2 aromatic heterocycles. The Balaban J connectivity index is 2.00. The van der Waals surface area contributed by atoms with Gasteiger partial charge in [-0.2, -0.15) is 0 Å². The number of ether oxygens (including phenoxy) is 2. The molecule has 0 unspecified atom stereocenters. The molecule has 0 spiro atoms. The van der Waals surface area contributed by atoms with E-state index in [4.69, 9.17) is 9.47 Å². The minimum atomic E-state index is -0.207. The van der Waals surface area contributed by atoms with Gasteiger partial charge in [0.15, 0.2) is 11.5 Å². The Kier molecular flexibility index (Phi) is 6.20. The fourth-order valence-electron chi connectivity index (χ4n) is 2.75. The van der Waals surface area contributed by atoms with E-state index in [1.165, 1.54) is 18.4 Å². The molecule has 3 rings (SSSR count). The average Bonchev–Trinajstić information content (AvgIpc) is 3.21. The monoisotopic (exact) mass is 398 g/mol. The molecular formula is C20H22N4O3S. The molecule has 0 radical (unpaired) electrons. The van der Waals surface area contributed by atoms with Gasteiger partial charge in [0.05, 0.1) is 19.8 Å². The second-order valence-electron chi connectivity index (χ2n) is 6.48. The maximum absolute atomic E-state index is 13.4. The fourth-order valence-corrected chi connectivity index (χ4v) is 3.61. The van der Waals surface area contributed by atoms with Crippen molar-refractivity contribution in [2.75, 3.05) is 25.7 Å². The molecule has 8 heteroatoms. The zero-order chi connectivity index (χ0) is 20.1. The number of pyridine rings is 1. The number of carbonyl (C=O) groups excluding carboxylic acids is 1. The fraction of sp³-hybridized carbons (Fsp3) is 0.300. The lowest BCUT2D eigenvalue weighted by Crippen LogP contribution is -2.34. The van der Waals surface area contributed by atoms with E-state index in [-0.39, 0.29) is 11.8 Å². The second-order valence-corrected chi connectivity index (χ2v) is 7.43. The third-order valence-corrected chi connectivity index (χ3v) is 4.99. The third-order valence-electron chi connectivity index (χ3n) is 4.00. The highest BCUT2D eigenvalue weighted by Gasteiger charge is 2.26. The molecule has 0 aliphatic heterocycles. The van der Waals surface area contributed by atoms with Gasteiger partial charge >= 0.3 is 0 Å². The van der Waals surface area contributed by atoms with E-state index in [0.29, 0.717) is 28.7 Å². The van der Waals surface area contributed by atoms with Crippen molar-refractivity contribution < 1.29 is 14.3 Å². The lowest BCUT2D eigenvalue weighted by atomic mass is 10.1. The normalized spacial score (nSPS) is 10.8. The van der Waals surface area contributed by atoms with E-state index in [1.807, 2.05) is 26.0 Å². The molecule has 28 heavy (non-hydrogen) atoms. The predicted octanol–water partition coefficient (Wildman–Crippen LogP) is 3.92. The van der Waals surface area contributed by atoms with E-state index in [2.05, 4.69) is 15.2 Å². The quantitative estimate of drug-likeness (QED) is 0.600. The molecule has 0 atom stereocenters. The zero-order valence-corrected chi connectivity index (χ0v) is 17.1.